The van der Waals surface area contributed by atoms with Gasteiger partial charge >= 0.3 is 0 Å². The summed E-state index contributed by atoms with van der Waals surface area (Å²) in [6.45, 7) is 0.520. The van der Waals surface area contributed by atoms with E-state index in [1.165, 1.54) is 17.7 Å². The van der Waals surface area contributed by atoms with Crippen molar-refractivity contribution >= 4 is 17.2 Å². The molecule has 3 N–H and O–H groups in total. The predicted octanol–water partition coefficient (Wildman–Crippen LogP) is -0.00860. The maximum Gasteiger partial charge on any atom is 0.275 e. The first-order valence-electron chi connectivity index (χ1n) is 4.21. The van der Waals surface area contributed by atoms with Gasteiger partial charge in [0.15, 0.2) is 0 Å². The number of nitrogens with two attached hydrogens (primary N) is 1. The fraction of sp³-hybridized carbons (Fsp3) is 0.125. The molecule has 0 atom stereocenters. The molecule has 2 aromatic rings. The Bertz CT molecular complexity index is 449. The summed E-state index contributed by atoms with van der Waals surface area (Å²) in [4.78, 5) is 15.8. The summed E-state index contributed by atoms with van der Waals surface area (Å²) in [5.41, 5.74) is 3.00. The number of hydrogen-bond donors (Lipinski definition) is 2. The van der Waals surface area contributed by atoms with Gasteiger partial charge in [0.25, 0.3) is 5.91 Å². The highest BCUT2D eigenvalue weighted by Crippen LogP contribution is 2.17. The van der Waals surface area contributed by atoms with E-state index in [1.807, 2.05) is 11.4 Å². The number of aromatic nitrogens is 3. The lowest BCUT2D eigenvalue weighted by Crippen LogP contribution is -2.30. The molecule has 0 spiro atoms. The van der Waals surface area contributed by atoms with E-state index in [-0.39, 0.29) is 5.91 Å². The molecule has 0 aliphatic heterocycles. The Morgan fingerprint density at radius 1 is 1.67 bits per heavy atom. The summed E-state index contributed by atoms with van der Waals surface area (Å²) in [7, 11) is 0. The average Bonchev–Trinajstić information content (AvgIpc) is 2.88. The summed E-state index contributed by atoms with van der Waals surface area (Å²) in [5.74, 6) is 4.80. The van der Waals surface area contributed by atoms with Crippen molar-refractivity contribution in [2.75, 3.05) is 0 Å². The van der Waals surface area contributed by atoms with E-state index in [0.29, 0.717) is 11.4 Å². The lowest BCUT2D eigenvalue weighted by Gasteiger charge is -2.01. The van der Waals surface area contributed by atoms with Gasteiger partial charge in [-0.15, -0.1) is 11.3 Å². The fourth-order valence-electron chi connectivity index (χ4n) is 1.21. The highest BCUT2D eigenvalue weighted by Gasteiger charge is 2.12. The van der Waals surface area contributed by atoms with Crippen LogP contribution >= 0.6 is 11.3 Å². The number of nitrogens with one attached hydrogen (secondary N) is 1. The molecule has 0 saturated carbocycles. The Hall–Kier alpha value is -1.73. The van der Waals surface area contributed by atoms with E-state index in [4.69, 9.17) is 5.84 Å². The van der Waals surface area contributed by atoms with Crippen LogP contribution in [0.4, 0.5) is 0 Å². The van der Waals surface area contributed by atoms with Gasteiger partial charge in [-0.05, 0) is 17.0 Å². The quantitative estimate of drug-likeness (QED) is 0.435. The number of amides is 1. The number of hydrogen-bond acceptors (Lipinski definition) is 5. The third kappa shape index (κ3) is 2.03. The molecule has 2 rings (SSSR count). The van der Waals surface area contributed by atoms with Crippen LogP contribution in [0.2, 0.25) is 0 Å². The van der Waals surface area contributed by atoms with Crippen LogP contribution in [0.15, 0.2) is 24.1 Å². The van der Waals surface area contributed by atoms with Crippen LogP contribution in [0.1, 0.15) is 15.2 Å². The van der Waals surface area contributed by atoms with Gasteiger partial charge in [0.05, 0.1) is 11.4 Å². The van der Waals surface area contributed by atoms with E-state index >= 15 is 0 Å². The minimum Gasteiger partial charge on any atom is -0.289 e. The lowest BCUT2D eigenvalue weighted by molar-refractivity contribution is 0.0956. The van der Waals surface area contributed by atoms with Crippen LogP contribution < -0.4 is 11.3 Å². The number of nitrogen functional groups attached to an aromatic ring is 1. The second-order valence-corrected chi connectivity index (χ2v) is 3.76. The average molecular weight is 223 g/mol. The Labute approximate surface area is 89.7 Å². The van der Waals surface area contributed by atoms with Crippen molar-refractivity contribution in [1.82, 2.24) is 20.2 Å². The molecule has 2 heterocycles. The van der Waals surface area contributed by atoms with Crippen molar-refractivity contribution < 1.29 is 4.79 Å². The maximum absolute atomic E-state index is 11.4. The molecule has 0 fully saturated rings. The van der Waals surface area contributed by atoms with E-state index < -0.39 is 0 Å². The van der Waals surface area contributed by atoms with Crippen molar-refractivity contribution in [3.8, 4) is 0 Å². The van der Waals surface area contributed by atoms with E-state index in [0.717, 1.165) is 5.56 Å². The molecule has 0 aromatic carbocycles. The molecular weight excluding hydrogens is 214 g/mol. The predicted molar refractivity (Wildman–Crippen MR) is 55.1 cm³/mol. The molecule has 6 nitrogen and oxygen atoms in total. The molecule has 0 unspecified atom stereocenters. The van der Waals surface area contributed by atoms with Crippen molar-refractivity contribution in [1.29, 1.82) is 0 Å². The van der Waals surface area contributed by atoms with E-state index in [1.54, 1.807) is 11.0 Å². The zero-order valence-electron chi connectivity index (χ0n) is 7.75. The Kier molecular flexibility index (Phi) is 2.75. The molecule has 0 aliphatic rings. The van der Waals surface area contributed by atoms with E-state index in [2.05, 4.69) is 15.5 Å². The summed E-state index contributed by atoms with van der Waals surface area (Å²) in [5, 5.41) is 5.81. The highest BCUT2D eigenvalue weighted by atomic mass is 32.1. The van der Waals surface area contributed by atoms with Gasteiger partial charge in [0.2, 0.25) is 0 Å². The number of thiophene rings is 1. The molecule has 7 heteroatoms. The molecule has 78 valence electrons. The van der Waals surface area contributed by atoms with Crippen LogP contribution in [0.5, 0.6) is 0 Å². The third-order valence-corrected chi connectivity index (χ3v) is 2.84. The lowest BCUT2D eigenvalue weighted by atomic mass is 10.2. The summed E-state index contributed by atoms with van der Waals surface area (Å²) in [6, 6.07) is 1.87. The van der Waals surface area contributed by atoms with Gasteiger partial charge in [-0.3, -0.25) is 10.2 Å². The van der Waals surface area contributed by atoms with Crippen LogP contribution in [0.3, 0.4) is 0 Å². The van der Waals surface area contributed by atoms with Crippen molar-refractivity contribution in [3.05, 3.63) is 34.5 Å². The zero-order chi connectivity index (χ0) is 10.7. The monoisotopic (exact) mass is 223 g/mol. The highest BCUT2D eigenvalue weighted by molar-refractivity contribution is 7.12. The van der Waals surface area contributed by atoms with Crippen molar-refractivity contribution in [3.63, 3.8) is 0 Å². The van der Waals surface area contributed by atoms with Crippen molar-refractivity contribution in [2.45, 2.75) is 6.54 Å². The second-order valence-electron chi connectivity index (χ2n) is 2.84. The van der Waals surface area contributed by atoms with Gasteiger partial charge in [0.1, 0.15) is 12.7 Å². The van der Waals surface area contributed by atoms with Gasteiger partial charge in [-0.25, -0.2) is 15.5 Å². The molecule has 0 saturated heterocycles. The Balaban J connectivity index is 2.22. The largest absolute Gasteiger partial charge is 0.289 e. The normalized spacial score (nSPS) is 10.2. The Morgan fingerprint density at radius 3 is 3.20 bits per heavy atom. The van der Waals surface area contributed by atoms with Crippen molar-refractivity contribution in [2.24, 2.45) is 5.84 Å². The molecule has 0 bridgehead atoms. The van der Waals surface area contributed by atoms with Crippen LogP contribution in [-0.4, -0.2) is 20.7 Å². The van der Waals surface area contributed by atoms with Crippen LogP contribution in [0, 0.1) is 0 Å². The number of hydrazine groups is 1. The van der Waals surface area contributed by atoms with Gasteiger partial charge < -0.3 is 0 Å². The molecule has 1 amide bonds. The fourth-order valence-corrected chi connectivity index (χ4v) is 2.03. The number of rotatable bonds is 3. The summed E-state index contributed by atoms with van der Waals surface area (Å²) < 4.78 is 1.65. The number of nitrogens with zero attached hydrogens (tertiary/aromatic N) is 3. The standard InChI is InChI=1S/C8H9N5OS/c9-12-8(14)7-6(1-2-15-7)3-13-5-10-4-11-13/h1-2,4-5H,3,9H2,(H,12,14). The first kappa shape index (κ1) is 9.81. The van der Waals surface area contributed by atoms with Crippen LogP contribution in [0.25, 0.3) is 0 Å². The molecule has 0 radical (unpaired) electrons. The third-order valence-electron chi connectivity index (χ3n) is 1.88. The first-order chi connectivity index (χ1) is 7.31. The summed E-state index contributed by atoms with van der Waals surface area (Å²) >= 11 is 1.35. The van der Waals surface area contributed by atoms with Gasteiger partial charge in [0, 0.05) is 0 Å². The maximum atomic E-state index is 11.4. The second kappa shape index (κ2) is 4.20. The molecule has 15 heavy (non-hydrogen) atoms. The molecule has 2 aromatic heterocycles. The topological polar surface area (TPSA) is 85.8 Å². The zero-order valence-corrected chi connectivity index (χ0v) is 8.57. The minimum atomic E-state index is -0.278. The minimum absolute atomic E-state index is 0.278. The van der Waals surface area contributed by atoms with E-state index in [9.17, 15) is 4.79 Å². The number of carbonyl (C=O) groups is 1. The Morgan fingerprint density at radius 2 is 2.53 bits per heavy atom. The number of carbonyl (C=O) groups excluding carboxylic acids is 1. The van der Waals surface area contributed by atoms with Gasteiger partial charge in [-0.1, -0.05) is 0 Å². The van der Waals surface area contributed by atoms with Crippen LogP contribution in [-0.2, 0) is 6.54 Å². The molecular formula is C8H9N5OS. The molecule has 0 aliphatic carbocycles. The summed E-state index contributed by atoms with van der Waals surface area (Å²) in [6.07, 6.45) is 3.05. The smallest absolute Gasteiger partial charge is 0.275 e. The first-order valence-corrected chi connectivity index (χ1v) is 5.09. The van der Waals surface area contributed by atoms with Gasteiger partial charge in [-0.2, -0.15) is 5.10 Å². The SMILES string of the molecule is NNC(=O)c1sccc1Cn1cncn1.